The Hall–Kier alpha value is -1.00. The molecule has 0 saturated carbocycles. The normalized spacial score (nSPS) is 12.3. The van der Waals surface area contributed by atoms with Crippen molar-refractivity contribution >= 4 is 23.4 Å². The molecule has 0 aliphatic rings. The van der Waals surface area contributed by atoms with E-state index in [9.17, 15) is 9.90 Å². The van der Waals surface area contributed by atoms with Crippen molar-refractivity contribution in [3.05, 3.63) is 24.3 Å². The standard InChI is InChI=1S/C15H23NO2S/c1-11(17)16-12-6-8-13(9-7-12)19-15(4,5)10-14(2,3)18/h6-9,18H,10H2,1-5H3,(H,16,17). The van der Waals surface area contributed by atoms with Crippen LogP contribution in [0, 0.1) is 0 Å². The third kappa shape index (κ3) is 6.64. The Balaban J connectivity index is 2.69. The molecule has 0 heterocycles. The van der Waals surface area contributed by atoms with Crippen LogP contribution < -0.4 is 5.32 Å². The SMILES string of the molecule is CC(=O)Nc1ccc(SC(C)(C)CC(C)(C)O)cc1. The van der Waals surface area contributed by atoms with Gasteiger partial charge < -0.3 is 10.4 Å². The molecular weight excluding hydrogens is 258 g/mol. The minimum absolute atomic E-state index is 0.0478. The molecule has 0 fully saturated rings. The van der Waals surface area contributed by atoms with Crippen LogP contribution in [-0.2, 0) is 4.79 Å². The molecule has 3 nitrogen and oxygen atoms in total. The van der Waals surface area contributed by atoms with Gasteiger partial charge in [0.15, 0.2) is 0 Å². The number of rotatable bonds is 5. The zero-order chi connectivity index (χ0) is 14.7. The first kappa shape index (κ1) is 16.1. The zero-order valence-electron chi connectivity index (χ0n) is 12.3. The maximum absolute atomic E-state index is 10.9. The zero-order valence-corrected chi connectivity index (χ0v) is 13.1. The number of carbonyl (C=O) groups excluding carboxylic acids is 1. The van der Waals surface area contributed by atoms with Crippen molar-refractivity contribution in [3.8, 4) is 0 Å². The van der Waals surface area contributed by atoms with Crippen molar-refractivity contribution < 1.29 is 9.90 Å². The van der Waals surface area contributed by atoms with Crippen LogP contribution in [0.3, 0.4) is 0 Å². The third-order valence-electron chi connectivity index (χ3n) is 2.43. The second kappa shape index (κ2) is 5.97. The second-order valence-electron chi connectivity index (χ2n) is 6.06. The summed E-state index contributed by atoms with van der Waals surface area (Å²) in [6, 6.07) is 7.76. The van der Waals surface area contributed by atoms with Crippen molar-refractivity contribution in [2.24, 2.45) is 0 Å². The average Bonchev–Trinajstić information content (AvgIpc) is 2.15. The Morgan fingerprint density at radius 3 is 2.16 bits per heavy atom. The third-order valence-corrected chi connectivity index (χ3v) is 3.63. The molecule has 0 radical (unpaired) electrons. The Morgan fingerprint density at radius 1 is 1.21 bits per heavy atom. The summed E-state index contributed by atoms with van der Waals surface area (Å²) in [5.74, 6) is -0.0669. The first-order valence-electron chi connectivity index (χ1n) is 6.36. The highest BCUT2D eigenvalue weighted by Crippen LogP contribution is 2.38. The molecule has 0 spiro atoms. The van der Waals surface area contributed by atoms with Gasteiger partial charge in [-0.25, -0.2) is 0 Å². The predicted octanol–water partition coefficient (Wildman–Crippen LogP) is 3.68. The number of thioether (sulfide) groups is 1. The van der Waals surface area contributed by atoms with E-state index < -0.39 is 5.60 Å². The molecule has 4 heteroatoms. The summed E-state index contributed by atoms with van der Waals surface area (Å²) >= 11 is 1.73. The highest BCUT2D eigenvalue weighted by molar-refractivity contribution is 8.00. The lowest BCUT2D eigenvalue weighted by atomic mass is 9.96. The summed E-state index contributed by atoms with van der Waals surface area (Å²) in [5.41, 5.74) is 0.129. The smallest absolute Gasteiger partial charge is 0.221 e. The number of anilines is 1. The van der Waals surface area contributed by atoms with Crippen LogP contribution in [0.15, 0.2) is 29.2 Å². The molecule has 2 N–H and O–H groups in total. The topological polar surface area (TPSA) is 49.3 Å². The Bertz CT molecular complexity index is 432. The van der Waals surface area contributed by atoms with Gasteiger partial charge in [0.1, 0.15) is 0 Å². The van der Waals surface area contributed by atoms with Gasteiger partial charge in [0.2, 0.25) is 5.91 Å². The first-order valence-corrected chi connectivity index (χ1v) is 7.18. The van der Waals surface area contributed by atoms with Gasteiger partial charge in [0, 0.05) is 22.3 Å². The lowest BCUT2D eigenvalue weighted by Crippen LogP contribution is -2.30. The van der Waals surface area contributed by atoms with Crippen LogP contribution in [0.2, 0.25) is 0 Å². The van der Waals surface area contributed by atoms with E-state index in [1.807, 2.05) is 38.1 Å². The van der Waals surface area contributed by atoms with Gasteiger partial charge in [-0.05, 0) is 44.5 Å². The number of amides is 1. The minimum Gasteiger partial charge on any atom is -0.390 e. The van der Waals surface area contributed by atoms with E-state index in [4.69, 9.17) is 0 Å². The van der Waals surface area contributed by atoms with E-state index in [1.165, 1.54) is 6.92 Å². The molecule has 0 aliphatic heterocycles. The van der Waals surface area contributed by atoms with Crippen LogP contribution in [0.5, 0.6) is 0 Å². The van der Waals surface area contributed by atoms with Crippen LogP contribution in [0.25, 0.3) is 0 Å². The van der Waals surface area contributed by atoms with E-state index in [1.54, 1.807) is 11.8 Å². The number of hydrogen-bond acceptors (Lipinski definition) is 3. The number of aliphatic hydroxyl groups is 1. The maximum Gasteiger partial charge on any atom is 0.221 e. The van der Waals surface area contributed by atoms with Crippen molar-refractivity contribution in [2.75, 3.05) is 5.32 Å². The van der Waals surface area contributed by atoms with Gasteiger partial charge in [0.25, 0.3) is 0 Å². The molecule has 0 unspecified atom stereocenters. The lowest BCUT2D eigenvalue weighted by molar-refractivity contribution is -0.114. The number of nitrogens with one attached hydrogen (secondary N) is 1. The van der Waals surface area contributed by atoms with Crippen LogP contribution in [-0.4, -0.2) is 21.4 Å². The molecule has 1 aromatic carbocycles. The number of hydrogen-bond donors (Lipinski definition) is 2. The molecule has 0 aromatic heterocycles. The molecule has 0 saturated heterocycles. The summed E-state index contributed by atoms with van der Waals surface area (Å²) in [7, 11) is 0. The summed E-state index contributed by atoms with van der Waals surface area (Å²) < 4.78 is -0.0478. The average molecular weight is 281 g/mol. The molecule has 0 aliphatic carbocycles. The second-order valence-corrected chi connectivity index (χ2v) is 7.84. The molecule has 0 atom stereocenters. The molecule has 1 amide bonds. The fourth-order valence-corrected chi connectivity index (χ4v) is 3.54. The molecular formula is C15H23NO2S. The summed E-state index contributed by atoms with van der Waals surface area (Å²) in [6.07, 6.45) is 0.706. The van der Waals surface area contributed by atoms with E-state index in [-0.39, 0.29) is 10.7 Å². The van der Waals surface area contributed by atoms with E-state index in [0.717, 1.165) is 10.6 Å². The highest BCUT2D eigenvalue weighted by atomic mass is 32.2. The molecule has 0 bridgehead atoms. The van der Waals surface area contributed by atoms with E-state index >= 15 is 0 Å². The van der Waals surface area contributed by atoms with Crippen molar-refractivity contribution in [3.63, 3.8) is 0 Å². The van der Waals surface area contributed by atoms with E-state index in [2.05, 4.69) is 19.2 Å². The fourth-order valence-electron chi connectivity index (χ4n) is 2.21. The molecule has 106 valence electrons. The van der Waals surface area contributed by atoms with E-state index in [0.29, 0.717) is 6.42 Å². The predicted molar refractivity (Wildman–Crippen MR) is 81.6 cm³/mol. The van der Waals surface area contributed by atoms with Gasteiger partial charge in [-0.2, -0.15) is 0 Å². The number of carbonyl (C=O) groups is 1. The van der Waals surface area contributed by atoms with Gasteiger partial charge in [0.05, 0.1) is 5.60 Å². The Labute approximate surface area is 119 Å². The molecule has 1 rings (SSSR count). The highest BCUT2D eigenvalue weighted by Gasteiger charge is 2.27. The summed E-state index contributed by atoms with van der Waals surface area (Å²) in [6.45, 7) is 9.40. The Morgan fingerprint density at radius 2 is 1.74 bits per heavy atom. The van der Waals surface area contributed by atoms with Crippen molar-refractivity contribution in [1.82, 2.24) is 0 Å². The minimum atomic E-state index is -0.674. The Kier molecular flexibility index (Phi) is 5.04. The fraction of sp³-hybridized carbons (Fsp3) is 0.533. The van der Waals surface area contributed by atoms with Gasteiger partial charge >= 0.3 is 0 Å². The van der Waals surface area contributed by atoms with Crippen molar-refractivity contribution in [1.29, 1.82) is 0 Å². The van der Waals surface area contributed by atoms with Crippen LogP contribution >= 0.6 is 11.8 Å². The first-order chi connectivity index (χ1) is 8.57. The van der Waals surface area contributed by atoms with Crippen LogP contribution in [0.4, 0.5) is 5.69 Å². The van der Waals surface area contributed by atoms with Gasteiger partial charge in [-0.1, -0.05) is 13.8 Å². The van der Waals surface area contributed by atoms with Crippen LogP contribution in [0.1, 0.15) is 41.0 Å². The maximum atomic E-state index is 10.9. The largest absolute Gasteiger partial charge is 0.390 e. The lowest BCUT2D eigenvalue weighted by Gasteiger charge is -2.30. The monoisotopic (exact) mass is 281 g/mol. The molecule has 1 aromatic rings. The van der Waals surface area contributed by atoms with Gasteiger partial charge in [-0.3, -0.25) is 4.79 Å². The summed E-state index contributed by atoms with van der Waals surface area (Å²) in [4.78, 5) is 12.1. The molecule has 19 heavy (non-hydrogen) atoms. The number of benzene rings is 1. The van der Waals surface area contributed by atoms with Crippen molar-refractivity contribution in [2.45, 2.75) is 56.3 Å². The summed E-state index contributed by atoms with van der Waals surface area (Å²) in [5, 5.41) is 12.7. The van der Waals surface area contributed by atoms with Gasteiger partial charge in [-0.15, -0.1) is 11.8 Å². The quantitative estimate of drug-likeness (QED) is 0.809.